The molecule has 1 heterocycles. The van der Waals surface area contributed by atoms with Gasteiger partial charge in [-0.05, 0) is 11.1 Å². The first kappa shape index (κ1) is 22.3. The van der Waals surface area contributed by atoms with E-state index in [1.165, 1.54) is 11.8 Å². The topological polar surface area (TPSA) is 86.7 Å². The molecule has 0 spiro atoms. The standard InChI is InChI=1S/C26H25NO4S/c28-16-18-11-13-19(14-12-18)23(30)15-22(29)17-32-26-27-24(20-7-3-1-4-8-20)25(31-26)21-9-5-2-6-10-21/h1-14,22-23,28-30H,15-17H2/t22-,23+/m1/s1. The van der Waals surface area contributed by atoms with E-state index in [0.717, 1.165) is 22.4 Å². The molecule has 4 rings (SSSR count). The second-order valence-electron chi connectivity index (χ2n) is 7.51. The molecule has 5 nitrogen and oxygen atoms in total. The molecule has 4 aromatic rings. The van der Waals surface area contributed by atoms with Crippen LogP contribution < -0.4 is 0 Å². The molecule has 0 amide bonds. The van der Waals surface area contributed by atoms with Crippen LogP contribution in [0.4, 0.5) is 0 Å². The van der Waals surface area contributed by atoms with E-state index in [9.17, 15) is 10.2 Å². The number of aromatic nitrogens is 1. The minimum absolute atomic E-state index is 0.0400. The summed E-state index contributed by atoms with van der Waals surface area (Å²) in [5.74, 6) is 1.03. The van der Waals surface area contributed by atoms with Gasteiger partial charge in [0, 0.05) is 23.3 Å². The summed E-state index contributed by atoms with van der Waals surface area (Å²) in [6, 6.07) is 26.8. The summed E-state index contributed by atoms with van der Waals surface area (Å²) < 4.78 is 6.08. The van der Waals surface area contributed by atoms with Crippen LogP contribution in [0.25, 0.3) is 22.6 Å². The lowest BCUT2D eigenvalue weighted by molar-refractivity contribution is 0.0929. The maximum atomic E-state index is 10.5. The molecule has 3 aromatic carbocycles. The molecule has 0 aliphatic heterocycles. The quantitative estimate of drug-likeness (QED) is 0.310. The highest BCUT2D eigenvalue weighted by atomic mass is 32.2. The first-order valence-corrected chi connectivity index (χ1v) is 11.4. The van der Waals surface area contributed by atoms with Gasteiger partial charge in [0.05, 0.1) is 18.8 Å². The van der Waals surface area contributed by atoms with E-state index < -0.39 is 12.2 Å². The molecule has 3 N–H and O–H groups in total. The van der Waals surface area contributed by atoms with Crippen molar-refractivity contribution in [2.45, 2.75) is 30.5 Å². The van der Waals surface area contributed by atoms with Gasteiger partial charge in [-0.15, -0.1) is 0 Å². The van der Waals surface area contributed by atoms with Crippen molar-refractivity contribution in [2.24, 2.45) is 0 Å². The van der Waals surface area contributed by atoms with Gasteiger partial charge in [-0.25, -0.2) is 4.98 Å². The Balaban J connectivity index is 1.45. The molecule has 0 aliphatic rings. The molecule has 0 aliphatic carbocycles. The maximum absolute atomic E-state index is 10.5. The summed E-state index contributed by atoms with van der Waals surface area (Å²) >= 11 is 1.32. The van der Waals surface area contributed by atoms with Crippen molar-refractivity contribution in [1.29, 1.82) is 0 Å². The Bertz CT molecular complexity index is 1060. The van der Waals surface area contributed by atoms with E-state index >= 15 is 0 Å². The fraction of sp³-hybridized carbons (Fsp3) is 0.192. The lowest BCUT2D eigenvalue weighted by Gasteiger charge is -2.15. The third-order valence-corrected chi connectivity index (χ3v) is 6.11. The summed E-state index contributed by atoms with van der Waals surface area (Å²) in [6.45, 7) is -0.0400. The number of nitrogens with zero attached hydrogens (tertiary/aromatic N) is 1. The van der Waals surface area contributed by atoms with Crippen molar-refractivity contribution in [1.82, 2.24) is 4.98 Å². The molecule has 0 radical (unpaired) electrons. The number of benzene rings is 3. The molecular formula is C26H25NO4S. The lowest BCUT2D eigenvalue weighted by Crippen LogP contribution is -2.15. The van der Waals surface area contributed by atoms with E-state index in [4.69, 9.17) is 9.52 Å². The van der Waals surface area contributed by atoms with Gasteiger partial charge in [-0.1, -0.05) is 96.7 Å². The number of thioether (sulfide) groups is 1. The van der Waals surface area contributed by atoms with Crippen LogP contribution in [0.15, 0.2) is 94.6 Å². The summed E-state index contributed by atoms with van der Waals surface area (Å²) in [5, 5.41) is 30.5. The molecule has 0 fully saturated rings. The van der Waals surface area contributed by atoms with Crippen LogP contribution in [0.3, 0.4) is 0 Å². The largest absolute Gasteiger partial charge is 0.431 e. The van der Waals surface area contributed by atoms with Crippen molar-refractivity contribution in [3.05, 3.63) is 96.1 Å². The first-order valence-electron chi connectivity index (χ1n) is 10.4. The Morgan fingerprint density at radius 3 is 2.06 bits per heavy atom. The summed E-state index contributed by atoms with van der Waals surface area (Å²) in [6.07, 6.45) is -1.33. The van der Waals surface area contributed by atoms with Gasteiger partial charge in [0.1, 0.15) is 5.69 Å². The van der Waals surface area contributed by atoms with Gasteiger partial charge < -0.3 is 19.7 Å². The minimum atomic E-state index is -0.789. The molecule has 0 saturated carbocycles. The molecule has 1 aromatic heterocycles. The number of rotatable bonds is 9. The van der Waals surface area contributed by atoms with Crippen molar-refractivity contribution in [3.63, 3.8) is 0 Å². The predicted molar refractivity (Wildman–Crippen MR) is 126 cm³/mol. The minimum Gasteiger partial charge on any atom is -0.431 e. The van der Waals surface area contributed by atoms with Crippen LogP contribution in [-0.2, 0) is 6.61 Å². The molecule has 164 valence electrons. The summed E-state index contributed by atoms with van der Waals surface area (Å²) in [7, 11) is 0. The van der Waals surface area contributed by atoms with Crippen LogP contribution in [0, 0.1) is 0 Å². The molecule has 32 heavy (non-hydrogen) atoms. The average molecular weight is 448 g/mol. The lowest BCUT2D eigenvalue weighted by atomic mass is 10.0. The normalized spacial score (nSPS) is 13.1. The fourth-order valence-electron chi connectivity index (χ4n) is 3.41. The zero-order chi connectivity index (χ0) is 22.3. The molecule has 6 heteroatoms. The third-order valence-electron chi connectivity index (χ3n) is 5.13. The molecule has 0 saturated heterocycles. The molecule has 0 unspecified atom stereocenters. The van der Waals surface area contributed by atoms with E-state index in [1.54, 1.807) is 24.3 Å². The second kappa shape index (κ2) is 10.6. The smallest absolute Gasteiger partial charge is 0.256 e. The van der Waals surface area contributed by atoms with Crippen LogP contribution in [0.2, 0.25) is 0 Å². The van der Waals surface area contributed by atoms with Gasteiger partial charge in [-0.2, -0.15) is 0 Å². The Morgan fingerprint density at radius 2 is 1.44 bits per heavy atom. The Hall–Kier alpha value is -2.90. The molecule has 0 bridgehead atoms. The number of aliphatic hydroxyl groups is 3. The molecular weight excluding hydrogens is 422 g/mol. The number of hydrogen-bond acceptors (Lipinski definition) is 6. The number of hydrogen-bond donors (Lipinski definition) is 3. The van der Waals surface area contributed by atoms with Gasteiger partial charge >= 0.3 is 0 Å². The van der Waals surface area contributed by atoms with Gasteiger partial charge in [0.15, 0.2) is 5.76 Å². The van der Waals surface area contributed by atoms with Crippen molar-refractivity contribution in [3.8, 4) is 22.6 Å². The average Bonchev–Trinajstić information content (AvgIpc) is 3.28. The zero-order valence-electron chi connectivity index (χ0n) is 17.5. The molecule has 2 atom stereocenters. The van der Waals surface area contributed by atoms with Crippen molar-refractivity contribution < 1.29 is 19.7 Å². The third kappa shape index (κ3) is 5.47. The van der Waals surface area contributed by atoms with Crippen LogP contribution in [-0.4, -0.2) is 32.2 Å². The van der Waals surface area contributed by atoms with E-state index in [0.29, 0.717) is 22.3 Å². The zero-order valence-corrected chi connectivity index (χ0v) is 18.3. The monoisotopic (exact) mass is 447 g/mol. The predicted octanol–water partition coefficient (Wildman–Crippen LogP) is 5.08. The summed E-state index contributed by atoms with van der Waals surface area (Å²) in [4.78, 5) is 4.68. The number of aliphatic hydroxyl groups excluding tert-OH is 3. The van der Waals surface area contributed by atoms with Crippen molar-refractivity contribution in [2.75, 3.05) is 5.75 Å². The number of oxazole rings is 1. The van der Waals surface area contributed by atoms with Gasteiger partial charge in [-0.3, -0.25) is 0 Å². The van der Waals surface area contributed by atoms with Crippen LogP contribution in [0.1, 0.15) is 23.7 Å². The van der Waals surface area contributed by atoms with Crippen LogP contribution in [0.5, 0.6) is 0 Å². The Kier molecular flexibility index (Phi) is 7.39. The highest BCUT2D eigenvalue weighted by Crippen LogP contribution is 2.36. The first-order chi connectivity index (χ1) is 15.6. The van der Waals surface area contributed by atoms with Crippen LogP contribution >= 0.6 is 11.8 Å². The Morgan fingerprint density at radius 1 is 0.812 bits per heavy atom. The van der Waals surface area contributed by atoms with E-state index in [2.05, 4.69) is 4.98 Å². The second-order valence-corrected chi connectivity index (χ2v) is 8.48. The summed E-state index contributed by atoms with van der Waals surface area (Å²) in [5.41, 5.74) is 4.15. The maximum Gasteiger partial charge on any atom is 0.256 e. The fourth-order valence-corrected chi connectivity index (χ4v) is 4.18. The van der Waals surface area contributed by atoms with E-state index in [-0.39, 0.29) is 13.0 Å². The van der Waals surface area contributed by atoms with Gasteiger partial charge in [0.25, 0.3) is 5.22 Å². The van der Waals surface area contributed by atoms with E-state index in [1.807, 2.05) is 60.7 Å². The highest BCUT2D eigenvalue weighted by Gasteiger charge is 2.19. The Labute approximate surface area is 191 Å². The van der Waals surface area contributed by atoms with Crippen molar-refractivity contribution >= 4 is 11.8 Å². The highest BCUT2D eigenvalue weighted by molar-refractivity contribution is 7.99. The van der Waals surface area contributed by atoms with Gasteiger partial charge in [0.2, 0.25) is 0 Å². The SMILES string of the molecule is OCc1ccc([C@@H](O)C[C@@H](O)CSc2nc(-c3ccccc3)c(-c3ccccc3)o2)cc1.